The van der Waals surface area contributed by atoms with Crippen LogP contribution in [0.2, 0.25) is 0 Å². The lowest BCUT2D eigenvalue weighted by atomic mass is 10.1. The molecule has 0 spiro atoms. The lowest BCUT2D eigenvalue weighted by Crippen LogP contribution is -2.14. The molecule has 1 rings (SSSR count). The van der Waals surface area contributed by atoms with Gasteiger partial charge in [0.25, 0.3) is 0 Å². The Labute approximate surface area is 96.1 Å². The molecule has 0 heterocycles. The first-order valence-corrected chi connectivity index (χ1v) is 5.44. The maximum atomic E-state index is 10.4. The SMILES string of the molecule is Cc1ccc(OC(C)CCC(=O)O)c(C)c1. The van der Waals surface area contributed by atoms with Crippen molar-refractivity contribution in [1.82, 2.24) is 0 Å². The van der Waals surface area contributed by atoms with Crippen molar-refractivity contribution in [3.05, 3.63) is 29.3 Å². The van der Waals surface area contributed by atoms with E-state index in [2.05, 4.69) is 6.07 Å². The van der Waals surface area contributed by atoms with Crippen LogP contribution >= 0.6 is 0 Å². The number of benzene rings is 1. The summed E-state index contributed by atoms with van der Waals surface area (Å²) in [6, 6.07) is 5.98. The number of aryl methyl sites for hydroxylation is 2. The third kappa shape index (κ3) is 3.93. The zero-order valence-electron chi connectivity index (χ0n) is 9.99. The summed E-state index contributed by atoms with van der Waals surface area (Å²) in [5, 5.41) is 8.56. The Morgan fingerprint density at radius 2 is 2.12 bits per heavy atom. The monoisotopic (exact) mass is 222 g/mol. The zero-order chi connectivity index (χ0) is 12.1. The second-order valence-corrected chi connectivity index (χ2v) is 4.13. The summed E-state index contributed by atoms with van der Waals surface area (Å²) in [6.45, 7) is 5.92. The molecule has 16 heavy (non-hydrogen) atoms. The first-order valence-electron chi connectivity index (χ1n) is 5.44. The Morgan fingerprint density at radius 1 is 1.44 bits per heavy atom. The van der Waals surface area contributed by atoms with Crippen LogP contribution in [-0.2, 0) is 4.79 Å². The highest BCUT2D eigenvalue weighted by Gasteiger charge is 2.08. The molecule has 0 aromatic heterocycles. The molecule has 0 amide bonds. The topological polar surface area (TPSA) is 46.5 Å². The molecule has 0 aliphatic carbocycles. The summed E-state index contributed by atoms with van der Waals surface area (Å²) in [5.74, 6) is 0.0552. The molecule has 0 fully saturated rings. The van der Waals surface area contributed by atoms with E-state index in [0.717, 1.165) is 11.3 Å². The van der Waals surface area contributed by atoms with Crippen molar-refractivity contribution in [2.75, 3.05) is 0 Å². The average Bonchev–Trinajstić information content (AvgIpc) is 2.19. The molecule has 0 aliphatic rings. The molecule has 1 atom stereocenters. The predicted molar refractivity (Wildman–Crippen MR) is 62.9 cm³/mol. The van der Waals surface area contributed by atoms with Crippen LogP contribution in [0.25, 0.3) is 0 Å². The summed E-state index contributed by atoms with van der Waals surface area (Å²) in [6.07, 6.45) is 0.604. The summed E-state index contributed by atoms with van der Waals surface area (Å²) in [4.78, 5) is 10.4. The molecule has 1 unspecified atom stereocenters. The number of carboxylic acid groups (broad SMARTS) is 1. The van der Waals surface area contributed by atoms with Gasteiger partial charge in [-0.15, -0.1) is 0 Å². The minimum atomic E-state index is -0.781. The van der Waals surface area contributed by atoms with E-state index in [-0.39, 0.29) is 12.5 Å². The van der Waals surface area contributed by atoms with Gasteiger partial charge in [-0.3, -0.25) is 4.79 Å². The van der Waals surface area contributed by atoms with Crippen LogP contribution in [0.4, 0.5) is 0 Å². The standard InChI is InChI=1S/C13H18O3/c1-9-4-6-12(10(2)8-9)16-11(3)5-7-13(14)15/h4,6,8,11H,5,7H2,1-3H3,(H,14,15). The van der Waals surface area contributed by atoms with Gasteiger partial charge in [-0.05, 0) is 38.8 Å². The maximum absolute atomic E-state index is 10.4. The highest BCUT2D eigenvalue weighted by atomic mass is 16.5. The third-order valence-corrected chi connectivity index (χ3v) is 2.42. The van der Waals surface area contributed by atoms with E-state index >= 15 is 0 Å². The fourth-order valence-corrected chi connectivity index (χ4v) is 1.53. The van der Waals surface area contributed by atoms with Gasteiger partial charge in [0.1, 0.15) is 5.75 Å². The van der Waals surface area contributed by atoms with E-state index in [9.17, 15) is 4.79 Å². The van der Waals surface area contributed by atoms with Crippen molar-refractivity contribution in [2.45, 2.75) is 39.7 Å². The first kappa shape index (κ1) is 12.6. The lowest BCUT2D eigenvalue weighted by Gasteiger charge is -2.15. The summed E-state index contributed by atoms with van der Waals surface area (Å²) in [5.41, 5.74) is 2.28. The van der Waals surface area contributed by atoms with Crippen molar-refractivity contribution in [2.24, 2.45) is 0 Å². The van der Waals surface area contributed by atoms with Gasteiger partial charge in [-0.2, -0.15) is 0 Å². The number of carboxylic acids is 1. The predicted octanol–water partition coefficient (Wildman–Crippen LogP) is 2.94. The molecule has 0 aliphatic heterocycles. The molecule has 0 bridgehead atoms. The molecular weight excluding hydrogens is 204 g/mol. The largest absolute Gasteiger partial charge is 0.490 e. The Morgan fingerprint density at radius 3 is 2.69 bits per heavy atom. The van der Waals surface area contributed by atoms with E-state index in [1.807, 2.05) is 32.9 Å². The molecule has 1 aromatic carbocycles. The summed E-state index contributed by atoms with van der Waals surface area (Å²) < 4.78 is 5.69. The molecule has 0 saturated carbocycles. The molecule has 0 radical (unpaired) electrons. The minimum Gasteiger partial charge on any atom is -0.490 e. The minimum absolute atomic E-state index is 0.0718. The Balaban J connectivity index is 2.55. The van der Waals surface area contributed by atoms with Gasteiger partial charge in [0.2, 0.25) is 0 Å². The van der Waals surface area contributed by atoms with E-state index < -0.39 is 5.97 Å². The van der Waals surface area contributed by atoms with Gasteiger partial charge in [-0.1, -0.05) is 17.7 Å². The zero-order valence-corrected chi connectivity index (χ0v) is 9.99. The smallest absolute Gasteiger partial charge is 0.303 e. The van der Waals surface area contributed by atoms with E-state index in [1.54, 1.807) is 0 Å². The maximum Gasteiger partial charge on any atom is 0.303 e. The fraction of sp³-hybridized carbons (Fsp3) is 0.462. The molecule has 3 heteroatoms. The van der Waals surface area contributed by atoms with Gasteiger partial charge in [0, 0.05) is 6.42 Å². The molecular formula is C13H18O3. The average molecular weight is 222 g/mol. The summed E-state index contributed by atoms with van der Waals surface area (Å²) in [7, 11) is 0. The van der Waals surface area contributed by atoms with Crippen molar-refractivity contribution in [3.8, 4) is 5.75 Å². The second-order valence-electron chi connectivity index (χ2n) is 4.13. The lowest BCUT2D eigenvalue weighted by molar-refractivity contribution is -0.137. The van der Waals surface area contributed by atoms with Crippen LogP contribution in [0, 0.1) is 13.8 Å². The molecule has 1 aromatic rings. The van der Waals surface area contributed by atoms with Crippen LogP contribution in [0.1, 0.15) is 30.9 Å². The Bertz CT molecular complexity index is 371. The van der Waals surface area contributed by atoms with Crippen molar-refractivity contribution in [1.29, 1.82) is 0 Å². The van der Waals surface area contributed by atoms with E-state index in [0.29, 0.717) is 6.42 Å². The summed E-state index contributed by atoms with van der Waals surface area (Å²) >= 11 is 0. The third-order valence-electron chi connectivity index (χ3n) is 2.42. The van der Waals surface area contributed by atoms with Crippen molar-refractivity contribution in [3.63, 3.8) is 0 Å². The Hall–Kier alpha value is -1.51. The van der Waals surface area contributed by atoms with Gasteiger partial charge in [0.05, 0.1) is 6.10 Å². The van der Waals surface area contributed by atoms with Crippen LogP contribution in [0.15, 0.2) is 18.2 Å². The molecule has 1 N–H and O–H groups in total. The van der Waals surface area contributed by atoms with Crippen molar-refractivity contribution >= 4 is 5.97 Å². The fourth-order valence-electron chi connectivity index (χ4n) is 1.53. The van der Waals surface area contributed by atoms with Gasteiger partial charge >= 0.3 is 5.97 Å². The van der Waals surface area contributed by atoms with Crippen molar-refractivity contribution < 1.29 is 14.6 Å². The quantitative estimate of drug-likeness (QED) is 0.833. The van der Waals surface area contributed by atoms with Gasteiger partial charge < -0.3 is 9.84 Å². The van der Waals surface area contributed by atoms with Crippen LogP contribution in [0.3, 0.4) is 0 Å². The number of aliphatic carboxylic acids is 1. The van der Waals surface area contributed by atoms with E-state index in [1.165, 1.54) is 5.56 Å². The highest BCUT2D eigenvalue weighted by molar-refractivity contribution is 5.66. The van der Waals surface area contributed by atoms with Gasteiger partial charge in [0.15, 0.2) is 0 Å². The normalized spacial score (nSPS) is 12.2. The molecule has 3 nitrogen and oxygen atoms in total. The van der Waals surface area contributed by atoms with Crippen LogP contribution in [0.5, 0.6) is 5.75 Å². The number of ether oxygens (including phenoxy) is 1. The number of carbonyl (C=O) groups is 1. The number of hydrogen-bond acceptors (Lipinski definition) is 2. The second kappa shape index (κ2) is 5.54. The number of hydrogen-bond donors (Lipinski definition) is 1. The van der Waals surface area contributed by atoms with Crippen LogP contribution in [-0.4, -0.2) is 17.2 Å². The first-order chi connectivity index (χ1) is 7.49. The van der Waals surface area contributed by atoms with E-state index in [4.69, 9.17) is 9.84 Å². The molecule has 0 saturated heterocycles. The molecule has 88 valence electrons. The highest BCUT2D eigenvalue weighted by Crippen LogP contribution is 2.20. The number of rotatable bonds is 5. The Kier molecular flexibility index (Phi) is 4.35. The van der Waals surface area contributed by atoms with Crippen LogP contribution < -0.4 is 4.74 Å². The van der Waals surface area contributed by atoms with Gasteiger partial charge in [-0.25, -0.2) is 0 Å².